The predicted octanol–water partition coefficient (Wildman–Crippen LogP) is 2.73. The number of carboxylic acid groups (broad SMARTS) is 1. The summed E-state index contributed by atoms with van der Waals surface area (Å²) >= 11 is 1.05. The Morgan fingerprint density at radius 3 is 3.05 bits per heavy atom. The van der Waals surface area contributed by atoms with Gasteiger partial charge in [-0.1, -0.05) is 12.7 Å². The highest BCUT2D eigenvalue weighted by molar-refractivity contribution is 7.21. The van der Waals surface area contributed by atoms with Crippen LogP contribution in [0.4, 0.5) is 10.5 Å². The summed E-state index contributed by atoms with van der Waals surface area (Å²) in [7, 11) is 0. The number of rotatable bonds is 4. The number of thiophene rings is 1. The molecule has 19 heavy (non-hydrogen) atoms. The quantitative estimate of drug-likeness (QED) is 0.839. The maximum Gasteiger partial charge on any atom is 0.412 e. The average molecular weight is 278 g/mol. The first-order valence-corrected chi connectivity index (χ1v) is 6.10. The highest BCUT2D eigenvalue weighted by atomic mass is 32.1. The third kappa shape index (κ3) is 2.71. The molecule has 0 aliphatic heterocycles. The number of carbonyl (C=O) groups excluding carboxylic acids is 1. The number of carboxylic acids is 1. The molecule has 2 aromatic rings. The maximum atomic E-state index is 11.5. The number of aromatic carboxylic acids is 1. The summed E-state index contributed by atoms with van der Waals surface area (Å²) in [6.45, 7) is 3.46. The van der Waals surface area contributed by atoms with Crippen molar-refractivity contribution < 1.29 is 19.4 Å². The van der Waals surface area contributed by atoms with Crippen LogP contribution in [-0.4, -0.2) is 28.8 Å². The Balaban J connectivity index is 2.39. The standard InChI is InChI=1S/C12H10N2O4S/c1-2-6-18-12(17)14-9-8-7(4-3-5-13-8)19-10(9)11(15)16/h2-5H,1,6H2,(H,14,17)(H,15,16). The van der Waals surface area contributed by atoms with Gasteiger partial charge in [0.25, 0.3) is 0 Å². The van der Waals surface area contributed by atoms with Crippen molar-refractivity contribution in [2.75, 3.05) is 11.9 Å². The lowest BCUT2D eigenvalue weighted by Crippen LogP contribution is -2.15. The molecule has 98 valence electrons. The van der Waals surface area contributed by atoms with Gasteiger partial charge in [0, 0.05) is 6.20 Å². The molecule has 0 bridgehead atoms. The van der Waals surface area contributed by atoms with E-state index in [1.807, 2.05) is 0 Å². The Morgan fingerprint density at radius 1 is 1.58 bits per heavy atom. The highest BCUT2D eigenvalue weighted by Crippen LogP contribution is 2.34. The lowest BCUT2D eigenvalue weighted by Gasteiger charge is -2.04. The van der Waals surface area contributed by atoms with E-state index in [0.717, 1.165) is 11.3 Å². The number of fused-ring (bicyclic) bond motifs is 1. The van der Waals surface area contributed by atoms with Crippen molar-refractivity contribution in [3.63, 3.8) is 0 Å². The Labute approximate surface area is 112 Å². The third-order valence-electron chi connectivity index (χ3n) is 2.20. The summed E-state index contributed by atoms with van der Waals surface area (Å²) in [5.74, 6) is -1.12. The van der Waals surface area contributed by atoms with Gasteiger partial charge in [-0.3, -0.25) is 10.3 Å². The molecule has 2 heterocycles. The molecule has 0 spiro atoms. The lowest BCUT2D eigenvalue weighted by molar-refractivity contribution is 0.0703. The molecule has 0 atom stereocenters. The second-order valence-corrected chi connectivity index (χ2v) is 4.53. The van der Waals surface area contributed by atoms with Gasteiger partial charge in [0.05, 0.1) is 10.4 Å². The van der Waals surface area contributed by atoms with Gasteiger partial charge in [0.1, 0.15) is 17.0 Å². The molecule has 7 heteroatoms. The molecule has 6 nitrogen and oxygen atoms in total. The molecule has 0 aliphatic carbocycles. The van der Waals surface area contributed by atoms with Gasteiger partial charge in [-0.05, 0) is 12.1 Å². The summed E-state index contributed by atoms with van der Waals surface area (Å²) in [6.07, 6.45) is 2.20. The van der Waals surface area contributed by atoms with Crippen LogP contribution < -0.4 is 5.32 Å². The van der Waals surface area contributed by atoms with E-state index in [9.17, 15) is 9.59 Å². The van der Waals surface area contributed by atoms with Crippen molar-refractivity contribution in [1.82, 2.24) is 4.98 Å². The van der Waals surface area contributed by atoms with Crippen molar-refractivity contribution in [1.29, 1.82) is 0 Å². The minimum absolute atomic E-state index is 0.0178. The van der Waals surface area contributed by atoms with Crippen molar-refractivity contribution in [2.45, 2.75) is 0 Å². The number of amides is 1. The normalized spacial score (nSPS) is 10.1. The van der Waals surface area contributed by atoms with Crippen LogP contribution in [0.5, 0.6) is 0 Å². The zero-order valence-electron chi connectivity index (χ0n) is 9.75. The first kappa shape index (κ1) is 13.0. The van der Waals surface area contributed by atoms with E-state index in [1.54, 1.807) is 12.1 Å². The Bertz CT molecular complexity index is 650. The molecule has 0 aliphatic rings. The number of hydrogen-bond donors (Lipinski definition) is 2. The topological polar surface area (TPSA) is 88.5 Å². The third-order valence-corrected chi connectivity index (χ3v) is 3.33. The van der Waals surface area contributed by atoms with Gasteiger partial charge < -0.3 is 9.84 Å². The average Bonchev–Trinajstić information content (AvgIpc) is 2.76. The van der Waals surface area contributed by atoms with E-state index in [1.165, 1.54) is 12.3 Å². The van der Waals surface area contributed by atoms with Gasteiger partial charge in [-0.25, -0.2) is 9.59 Å². The van der Waals surface area contributed by atoms with Gasteiger partial charge in [-0.15, -0.1) is 11.3 Å². The summed E-state index contributed by atoms with van der Waals surface area (Å²) in [4.78, 5) is 26.7. The van der Waals surface area contributed by atoms with E-state index >= 15 is 0 Å². The monoisotopic (exact) mass is 278 g/mol. The van der Waals surface area contributed by atoms with E-state index in [2.05, 4.69) is 16.9 Å². The van der Waals surface area contributed by atoms with E-state index in [4.69, 9.17) is 9.84 Å². The van der Waals surface area contributed by atoms with Gasteiger partial charge in [0.2, 0.25) is 0 Å². The second-order valence-electron chi connectivity index (χ2n) is 3.47. The van der Waals surface area contributed by atoms with Crippen LogP contribution in [0.1, 0.15) is 9.67 Å². The number of nitrogens with zero attached hydrogens (tertiary/aromatic N) is 1. The molecule has 2 aromatic heterocycles. The van der Waals surface area contributed by atoms with Crippen molar-refractivity contribution in [3.05, 3.63) is 35.9 Å². The highest BCUT2D eigenvalue weighted by Gasteiger charge is 2.20. The number of hydrogen-bond acceptors (Lipinski definition) is 5. The van der Waals surface area contributed by atoms with Crippen LogP contribution in [0.25, 0.3) is 10.2 Å². The van der Waals surface area contributed by atoms with Crippen molar-refractivity contribution in [2.24, 2.45) is 0 Å². The molecule has 2 rings (SSSR count). The number of ether oxygens (including phenoxy) is 1. The fourth-order valence-electron chi connectivity index (χ4n) is 1.47. The lowest BCUT2D eigenvalue weighted by atomic mass is 10.3. The Kier molecular flexibility index (Phi) is 3.76. The van der Waals surface area contributed by atoms with E-state index in [-0.39, 0.29) is 17.2 Å². The Hall–Kier alpha value is -2.41. The van der Waals surface area contributed by atoms with Crippen LogP contribution in [0.15, 0.2) is 31.0 Å². The Morgan fingerprint density at radius 2 is 2.37 bits per heavy atom. The molecule has 0 saturated heterocycles. The SMILES string of the molecule is C=CCOC(=O)Nc1c(C(=O)O)sc2cccnc12. The summed E-state index contributed by atoms with van der Waals surface area (Å²) in [6, 6.07) is 3.43. The van der Waals surface area contributed by atoms with Gasteiger partial charge in [-0.2, -0.15) is 0 Å². The van der Waals surface area contributed by atoms with Crippen LogP contribution in [0.2, 0.25) is 0 Å². The van der Waals surface area contributed by atoms with E-state index < -0.39 is 12.1 Å². The minimum atomic E-state index is -1.12. The fraction of sp³-hybridized carbons (Fsp3) is 0.0833. The molecule has 0 unspecified atom stereocenters. The molecule has 0 aromatic carbocycles. The number of aromatic nitrogens is 1. The molecular weight excluding hydrogens is 268 g/mol. The number of pyridine rings is 1. The summed E-state index contributed by atoms with van der Waals surface area (Å²) < 4.78 is 5.44. The fourth-order valence-corrected chi connectivity index (χ4v) is 2.42. The van der Waals surface area contributed by atoms with Gasteiger partial charge in [0.15, 0.2) is 0 Å². The van der Waals surface area contributed by atoms with Gasteiger partial charge >= 0.3 is 12.1 Å². The molecule has 0 radical (unpaired) electrons. The largest absolute Gasteiger partial charge is 0.477 e. The maximum absolute atomic E-state index is 11.5. The summed E-state index contributed by atoms with van der Waals surface area (Å²) in [5.41, 5.74) is 0.586. The van der Waals surface area contributed by atoms with Crippen molar-refractivity contribution >= 4 is 39.3 Å². The smallest absolute Gasteiger partial charge is 0.412 e. The molecular formula is C12H10N2O4S. The van der Waals surface area contributed by atoms with Crippen molar-refractivity contribution in [3.8, 4) is 0 Å². The molecule has 0 fully saturated rings. The number of carbonyl (C=O) groups is 2. The number of nitrogens with one attached hydrogen (secondary N) is 1. The summed E-state index contributed by atoms with van der Waals surface area (Å²) in [5, 5.41) is 11.5. The zero-order chi connectivity index (χ0) is 13.8. The van der Waals surface area contributed by atoms with Crippen LogP contribution >= 0.6 is 11.3 Å². The first-order chi connectivity index (χ1) is 9.13. The molecule has 1 amide bonds. The molecule has 2 N–H and O–H groups in total. The van der Waals surface area contributed by atoms with Crippen LogP contribution in [0, 0.1) is 0 Å². The predicted molar refractivity (Wildman–Crippen MR) is 71.7 cm³/mol. The second kappa shape index (κ2) is 5.49. The van der Waals surface area contributed by atoms with Crippen LogP contribution in [0.3, 0.4) is 0 Å². The molecule has 0 saturated carbocycles. The zero-order valence-corrected chi connectivity index (χ0v) is 10.6. The van der Waals surface area contributed by atoms with E-state index in [0.29, 0.717) is 10.2 Å². The van der Waals surface area contributed by atoms with Crippen LogP contribution in [-0.2, 0) is 4.74 Å². The first-order valence-electron chi connectivity index (χ1n) is 5.29. The number of anilines is 1. The minimum Gasteiger partial charge on any atom is -0.477 e.